The highest BCUT2D eigenvalue weighted by molar-refractivity contribution is 5.67. The summed E-state index contributed by atoms with van der Waals surface area (Å²) in [7, 11) is 4.33. The summed E-state index contributed by atoms with van der Waals surface area (Å²) < 4.78 is 2.05. The SMILES string of the molecule is CCNc1cn2ccnc2c(N(C)C2CCN(C)CC2)n1. The number of anilines is 2. The standard InChI is InChI=1S/C15H24N6/c1-4-16-13-11-21-10-7-17-14(21)15(18-13)20(3)12-5-8-19(2)9-6-12/h7,10-12,16H,4-6,8-9H2,1-3H3. The fraction of sp³-hybridized carbons (Fsp3) is 0.600. The number of imidazole rings is 1. The lowest BCUT2D eigenvalue weighted by Crippen LogP contribution is -2.42. The van der Waals surface area contributed by atoms with Crippen LogP contribution in [0.2, 0.25) is 0 Å². The van der Waals surface area contributed by atoms with Gasteiger partial charge in [0.05, 0.1) is 6.20 Å². The number of hydrogen-bond acceptors (Lipinski definition) is 5. The summed E-state index contributed by atoms with van der Waals surface area (Å²) in [5.41, 5.74) is 0.929. The van der Waals surface area contributed by atoms with E-state index in [2.05, 4.69) is 41.1 Å². The predicted molar refractivity (Wildman–Crippen MR) is 86.1 cm³/mol. The average Bonchev–Trinajstić information content (AvgIpc) is 2.95. The summed E-state index contributed by atoms with van der Waals surface area (Å²) >= 11 is 0. The first kappa shape index (κ1) is 14.1. The summed E-state index contributed by atoms with van der Waals surface area (Å²) in [6.45, 7) is 5.24. The van der Waals surface area contributed by atoms with E-state index in [1.807, 2.05) is 23.0 Å². The van der Waals surface area contributed by atoms with Crippen molar-refractivity contribution in [1.29, 1.82) is 0 Å². The molecule has 1 saturated heterocycles. The van der Waals surface area contributed by atoms with Crippen LogP contribution in [-0.2, 0) is 0 Å². The second-order valence-electron chi connectivity index (χ2n) is 5.78. The van der Waals surface area contributed by atoms with Crippen LogP contribution in [0.25, 0.3) is 5.65 Å². The van der Waals surface area contributed by atoms with Crippen LogP contribution >= 0.6 is 0 Å². The van der Waals surface area contributed by atoms with Crippen molar-refractivity contribution in [3.63, 3.8) is 0 Å². The lowest BCUT2D eigenvalue weighted by atomic mass is 10.0. The van der Waals surface area contributed by atoms with Gasteiger partial charge in [0, 0.05) is 32.0 Å². The number of rotatable bonds is 4. The first-order valence-corrected chi connectivity index (χ1v) is 7.68. The van der Waals surface area contributed by atoms with Crippen molar-refractivity contribution in [3.8, 4) is 0 Å². The van der Waals surface area contributed by atoms with Crippen molar-refractivity contribution in [2.45, 2.75) is 25.8 Å². The van der Waals surface area contributed by atoms with Crippen molar-refractivity contribution >= 4 is 17.3 Å². The molecule has 0 aliphatic carbocycles. The zero-order valence-corrected chi connectivity index (χ0v) is 13.1. The van der Waals surface area contributed by atoms with Crippen LogP contribution in [0.5, 0.6) is 0 Å². The molecule has 1 aliphatic heterocycles. The highest BCUT2D eigenvalue weighted by Gasteiger charge is 2.23. The molecule has 6 heteroatoms. The third-order valence-electron chi connectivity index (χ3n) is 4.28. The third kappa shape index (κ3) is 2.81. The first-order chi connectivity index (χ1) is 10.2. The topological polar surface area (TPSA) is 48.7 Å². The number of nitrogens with zero attached hydrogens (tertiary/aromatic N) is 5. The van der Waals surface area contributed by atoms with Crippen LogP contribution in [0.3, 0.4) is 0 Å². The molecule has 1 N–H and O–H groups in total. The number of aromatic nitrogens is 3. The Kier molecular flexibility index (Phi) is 3.96. The Morgan fingerprint density at radius 1 is 1.38 bits per heavy atom. The molecule has 6 nitrogen and oxygen atoms in total. The fourth-order valence-electron chi connectivity index (χ4n) is 2.97. The van der Waals surface area contributed by atoms with Gasteiger partial charge in [-0.15, -0.1) is 0 Å². The zero-order chi connectivity index (χ0) is 14.8. The highest BCUT2D eigenvalue weighted by atomic mass is 15.3. The van der Waals surface area contributed by atoms with Crippen LogP contribution in [0.4, 0.5) is 11.6 Å². The Bertz CT molecular complexity index is 599. The Hall–Kier alpha value is -1.82. The van der Waals surface area contributed by atoms with Gasteiger partial charge in [0.1, 0.15) is 5.82 Å². The lowest BCUT2D eigenvalue weighted by molar-refractivity contribution is 0.252. The summed E-state index contributed by atoms with van der Waals surface area (Å²) in [5, 5.41) is 3.30. The van der Waals surface area contributed by atoms with E-state index in [-0.39, 0.29) is 0 Å². The number of nitrogens with one attached hydrogen (secondary N) is 1. The Morgan fingerprint density at radius 3 is 2.86 bits per heavy atom. The molecular weight excluding hydrogens is 264 g/mol. The van der Waals surface area contributed by atoms with Crippen LogP contribution in [0, 0.1) is 0 Å². The minimum Gasteiger partial charge on any atom is -0.369 e. The maximum atomic E-state index is 4.77. The molecule has 0 atom stereocenters. The van der Waals surface area contributed by atoms with E-state index < -0.39 is 0 Å². The molecule has 0 saturated carbocycles. The Morgan fingerprint density at radius 2 is 2.14 bits per heavy atom. The molecule has 0 amide bonds. The molecule has 1 fully saturated rings. The molecule has 1 aliphatic rings. The van der Waals surface area contributed by atoms with Gasteiger partial charge >= 0.3 is 0 Å². The molecule has 114 valence electrons. The summed E-state index contributed by atoms with van der Waals surface area (Å²) in [6.07, 6.45) is 8.15. The van der Waals surface area contributed by atoms with Gasteiger partial charge in [-0.1, -0.05) is 0 Å². The average molecular weight is 288 g/mol. The van der Waals surface area contributed by atoms with Gasteiger partial charge < -0.3 is 19.5 Å². The van der Waals surface area contributed by atoms with E-state index in [1.54, 1.807) is 0 Å². The van der Waals surface area contributed by atoms with E-state index >= 15 is 0 Å². The summed E-state index contributed by atoms with van der Waals surface area (Å²) in [6, 6.07) is 0.533. The van der Waals surface area contributed by atoms with Gasteiger partial charge in [-0.05, 0) is 39.9 Å². The molecule has 21 heavy (non-hydrogen) atoms. The van der Waals surface area contributed by atoms with Gasteiger partial charge in [-0.3, -0.25) is 0 Å². The second kappa shape index (κ2) is 5.89. The maximum Gasteiger partial charge on any atom is 0.180 e. The van der Waals surface area contributed by atoms with Gasteiger partial charge in [-0.25, -0.2) is 9.97 Å². The van der Waals surface area contributed by atoms with Crippen LogP contribution in [0.15, 0.2) is 18.6 Å². The zero-order valence-electron chi connectivity index (χ0n) is 13.1. The van der Waals surface area contributed by atoms with Crippen molar-refractivity contribution in [3.05, 3.63) is 18.6 Å². The van der Waals surface area contributed by atoms with Gasteiger partial charge in [0.15, 0.2) is 11.5 Å². The predicted octanol–water partition coefficient (Wildman–Crippen LogP) is 1.69. The third-order valence-corrected chi connectivity index (χ3v) is 4.28. The van der Waals surface area contributed by atoms with E-state index in [0.717, 1.165) is 36.9 Å². The van der Waals surface area contributed by atoms with E-state index in [4.69, 9.17) is 4.98 Å². The number of hydrogen-bond donors (Lipinski definition) is 1. The monoisotopic (exact) mass is 288 g/mol. The summed E-state index contributed by atoms with van der Waals surface area (Å²) in [4.78, 5) is 13.9. The lowest BCUT2D eigenvalue weighted by Gasteiger charge is -2.35. The van der Waals surface area contributed by atoms with Crippen LogP contribution in [0.1, 0.15) is 19.8 Å². The minimum atomic E-state index is 0.533. The molecule has 0 aromatic carbocycles. The Labute approximate surface area is 125 Å². The second-order valence-corrected chi connectivity index (χ2v) is 5.78. The molecule has 0 unspecified atom stereocenters. The molecule has 2 aromatic rings. The van der Waals surface area contributed by atoms with Gasteiger partial charge in [0.2, 0.25) is 0 Å². The smallest absolute Gasteiger partial charge is 0.180 e. The molecular formula is C15H24N6. The highest BCUT2D eigenvalue weighted by Crippen LogP contribution is 2.25. The number of piperidine rings is 1. The van der Waals surface area contributed by atoms with E-state index in [1.165, 1.54) is 12.8 Å². The molecule has 3 heterocycles. The van der Waals surface area contributed by atoms with Gasteiger partial charge in [0.25, 0.3) is 0 Å². The molecule has 0 radical (unpaired) electrons. The van der Waals surface area contributed by atoms with Gasteiger partial charge in [-0.2, -0.15) is 0 Å². The maximum absolute atomic E-state index is 4.77. The minimum absolute atomic E-state index is 0.533. The van der Waals surface area contributed by atoms with E-state index in [0.29, 0.717) is 6.04 Å². The van der Waals surface area contributed by atoms with Crippen LogP contribution in [-0.4, -0.2) is 59.0 Å². The largest absolute Gasteiger partial charge is 0.369 e. The molecule has 2 aromatic heterocycles. The van der Waals surface area contributed by atoms with Crippen LogP contribution < -0.4 is 10.2 Å². The number of likely N-dealkylation sites (tertiary alicyclic amines) is 1. The molecule has 3 rings (SSSR count). The molecule has 0 bridgehead atoms. The van der Waals surface area contributed by atoms with Crippen molar-refractivity contribution in [2.24, 2.45) is 0 Å². The fourth-order valence-corrected chi connectivity index (χ4v) is 2.97. The van der Waals surface area contributed by atoms with Crippen molar-refractivity contribution in [2.75, 3.05) is 43.9 Å². The van der Waals surface area contributed by atoms with Crippen molar-refractivity contribution < 1.29 is 0 Å². The molecule has 0 spiro atoms. The quantitative estimate of drug-likeness (QED) is 0.928. The first-order valence-electron chi connectivity index (χ1n) is 7.68. The normalized spacial score (nSPS) is 17.3. The Balaban J connectivity index is 1.92. The van der Waals surface area contributed by atoms with Crippen molar-refractivity contribution in [1.82, 2.24) is 19.3 Å². The number of fused-ring (bicyclic) bond motifs is 1. The van der Waals surface area contributed by atoms with E-state index in [9.17, 15) is 0 Å². The summed E-state index contributed by atoms with van der Waals surface area (Å²) in [5.74, 6) is 1.87.